The van der Waals surface area contributed by atoms with E-state index in [0.717, 1.165) is 6.07 Å². The molecule has 166 valence electrons. The van der Waals surface area contributed by atoms with E-state index in [0.29, 0.717) is 18.4 Å². The lowest BCUT2D eigenvalue weighted by molar-refractivity contribution is -0.146. The molecule has 0 radical (unpaired) electrons. The lowest BCUT2D eigenvalue weighted by Crippen LogP contribution is -2.32. The summed E-state index contributed by atoms with van der Waals surface area (Å²) in [5, 5.41) is 4.17. The van der Waals surface area contributed by atoms with Crippen LogP contribution in [-0.4, -0.2) is 37.5 Å². The van der Waals surface area contributed by atoms with Crippen molar-refractivity contribution in [2.24, 2.45) is 0 Å². The third-order valence-electron chi connectivity index (χ3n) is 3.75. The van der Waals surface area contributed by atoms with E-state index < -0.39 is 48.4 Å². The Labute approximate surface area is 180 Å². The molecule has 0 saturated carbocycles. The molecule has 0 aliphatic heterocycles. The molecular weight excluding hydrogens is 441 g/mol. The van der Waals surface area contributed by atoms with Crippen molar-refractivity contribution in [1.29, 1.82) is 0 Å². The quantitative estimate of drug-likeness (QED) is 0.589. The Kier molecular flexibility index (Phi) is 8.26. The third kappa shape index (κ3) is 7.49. The first kappa shape index (κ1) is 24.0. The number of amides is 2. The minimum absolute atomic E-state index is 0.153. The largest absolute Gasteiger partial charge is 0.494 e. The molecule has 0 atom stereocenters. The minimum atomic E-state index is -4.74. The van der Waals surface area contributed by atoms with Gasteiger partial charge in [0.1, 0.15) is 12.3 Å². The lowest BCUT2D eigenvalue weighted by Gasteiger charge is -2.14. The van der Waals surface area contributed by atoms with Crippen LogP contribution in [-0.2, 0) is 20.5 Å². The normalized spacial score (nSPS) is 10.9. The maximum absolute atomic E-state index is 13.0. The maximum atomic E-state index is 13.0. The number of carbonyl (C=O) groups is 3. The van der Waals surface area contributed by atoms with Crippen LogP contribution in [0.2, 0.25) is 5.02 Å². The highest BCUT2D eigenvalue weighted by Gasteiger charge is 2.34. The van der Waals surface area contributed by atoms with Crippen LogP contribution in [0, 0.1) is 0 Å². The number of esters is 1. The molecule has 2 aromatic rings. The minimum Gasteiger partial charge on any atom is -0.494 e. The molecule has 31 heavy (non-hydrogen) atoms. The first-order valence-electron chi connectivity index (χ1n) is 8.93. The molecule has 11 heteroatoms. The Morgan fingerprint density at radius 3 is 2.35 bits per heavy atom. The molecule has 7 nitrogen and oxygen atoms in total. The summed E-state index contributed by atoms with van der Waals surface area (Å²) in [6.45, 7) is 0.920. The van der Waals surface area contributed by atoms with Gasteiger partial charge in [0.25, 0.3) is 11.8 Å². The summed E-state index contributed by atoms with van der Waals surface area (Å²) in [4.78, 5) is 35.5. The number of benzene rings is 2. The first-order chi connectivity index (χ1) is 14.6. The van der Waals surface area contributed by atoms with Crippen LogP contribution < -0.4 is 15.4 Å². The van der Waals surface area contributed by atoms with Gasteiger partial charge in [0.05, 0.1) is 17.9 Å². The number of anilines is 1. The van der Waals surface area contributed by atoms with Crippen LogP contribution in [0.25, 0.3) is 0 Å². The van der Waals surface area contributed by atoms with Gasteiger partial charge in [-0.1, -0.05) is 11.6 Å². The van der Waals surface area contributed by atoms with E-state index in [2.05, 4.69) is 10.1 Å². The van der Waals surface area contributed by atoms with Gasteiger partial charge in [0, 0.05) is 10.6 Å². The topological polar surface area (TPSA) is 93.7 Å². The van der Waals surface area contributed by atoms with Crippen LogP contribution in [0.5, 0.6) is 5.75 Å². The predicted molar refractivity (Wildman–Crippen MR) is 106 cm³/mol. The van der Waals surface area contributed by atoms with Crippen LogP contribution in [0.1, 0.15) is 22.8 Å². The number of alkyl halides is 3. The van der Waals surface area contributed by atoms with Gasteiger partial charge in [0.2, 0.25) is 0 Å². The van der Waals surface area contributed by atoms with Gasteiger partial charge in [-0.15, -0.1) is 0 Å². The molecule has 0 fully saturated rings. The molecule has 0 spiro atoms. The van der Waals surface area contributed by atoms with E-state index >= 15 is 0 Å². The molecule has 0 bridgehead atoms. The highest BCUT2D eigenvalue weighted by atomic mass is 35.5. The zero-order chi connectivity index (χ0) is 23.0. The molecule has 0 heterocycles. The molecular formula is C20H18ClF3N2O5. The molecule has 2 rings (SSSR count). The predicted octanol–water partition coefficient (Wildman–Crippen LogP) is 3.67. The molecule has 0 aromatic heterocycles. The zero-order valence-corrected chi connectivity index (χ0v) is 17.0. The number of ether oxygens (including phenoxy) is 2. The maximum Gasteiger partial charge on any atom is 0.418 e. The standard InChI is InChI=1S/C20H18ClF3N2O5/c1-2-30-14-6-3-12(4-7-14)19(29)25-10-18(28)31-11-17(27)26-16-8-5-13(21)9-15(16)20(22,23)24/h3-9H,2,10-11H2,1H3,(H,25,29)(H,26,27). The van der Waals surface area contributed by atoms with Gasteiger partial charge in [-0.05, 0) is 49.4 Å². The average molecular weight is 459 g/mol. The van der Waals surface area contributed by atoms with Gasteiger partial charge < -0.3 is 20.1 Å². The third-order valence-corrected chi connectivity index (χ3v) is 3.98. The summed E-state index contributed by atoms with van der Waals surface area (Å²) in [7, 11) is 0. The van der Waals surface area contributed by atoms with Crippen molar-refractivity contribution in [3.05, 3.63) is 58.6 Å². The van der Waals surface area contributed by atoms with Crippen molar-refractivity contribution < 1.29 is 37.0 Å². The Balaban J connectivity index is 1.82. The molecule has 0 aliphatic rings. The van der Waals surface area contributed by atoms with Crippen molar-refractivity contribution in [2.75, 3.05) is 25.1 Å². The fourth-order valence-electron chi connectivity index (χ4n) is 2.37. The van der Waals surface area contributed by atoms with E-state index in [4.69, 9.17) is 16.3 Å². The second-order valence-corrected chi connectivity index (χ2v) is 6.47. The molecule has 0 unspecified atom stereocenters. The summed E-state index contributed by atoms with van der Waals surface area (Å²) in [6.07, 6.45) is -4.74. The highest BCUT2D eigenvalue weighted by Crippen LogP contribution is 2.36. The number of carbonyl (C=O) groups excluding carboxylic acids is 3. The van der Waals surface area contributed by atoms with Gasteiger partial charge in [-0.2, -0.15) is 13.2 Å². The number of rotatable bonds is 8. The van der Waals surface area contributed by atoms with Crippen molar-refractivity contribution in [3.8, 4) is 5.75 Å². The van der Waals surface area contributed by atoms with E-state index in [-0.39, 0.29) is 10.6 Å². The Morgan fingerprint density at radius 2 is 1.74 bits per heavy atom. The number of hydrogen-bond acceptors (Lipinski definition) is 5. The fraction of sp³-hybridized carbons (Fsp3) is 0.250. The second kappa shape index (κ2) is 10.7. The van der Waals surface area contributed by atoms with Crippen LogP contribution >= 0.6 is 11.6 Å². The lowest BCUT2D eigenvalue weighted by atomic mass is 10.1. The van der Waals surface area contributed by atoms with Gasteiger partial charge in [0.15, 0.2) is 6.61 Å². The molecule has 0 saturated heterocycles. The Bertz CT molecular complexity index is 949. The van der Waals surface area contributed by atoms with Crippen molar-refractivity contribution >= 4 is 35.1 Å². The van der Waals surface area contributed by atoms with Crippen molar-refractivity contribution in [1.82, 2.24) is 5.32 Å². The Hall–Kier alpha value is -3.27. The van der Waals surface area contributed by atoms with E-state index in [9.17, 15) is 27.6 Å². The zero-order valence-electron chi connectivity index (χ0n) is 16.2. The summed E-state index contributed by atoms with van der Waals surface area (Å²) < 4.78 is 49.0. The number of hydrogen-bond donors (Lipinski definition) is 2. The SMILES string of the molecule is CCOc1ccc(C(=O)NCC(=O)OCC(=O)Nc2ccc(Cl)cc2C(F)(F)F)cc1. The fourth-order valence-corrected chi connectivity index (χ4v) is 2.54. The summed E-state index contributed by atoms with van der Waals surface area (Å²) in [6, 6.07) is 9.02. The van der Waals surface area contributed by atoms with Crippen molar-refractivity contribution in [3.63, 3.8) is 0 Å². The van der Waals surface area contributed by atoms with Crippen LogP contribution in [0.15, 0.2) is 42.5 Å². The second-order valence-electron chi connectivity index (χ2n) is 6.04. The van der Waals surface area contributed by atoms with Gasteiger partial charge >= 0.3 is 12.1 Å². The van der Waals surface area contributed by atoms with Crippen molar-refractivity contribution in [2.45, 2.75) is 13.1 Å². The van der Waals surface area contributed by atoms with Crippen LogP contribution in [0.4, 0.5) is 18.9 Å². The summed E-state index contributed by atoms with van der Waals surface area (Å²) in [5.74, 6) is -1.90. The van der Waals surface area contributed by atoms with Gasteiger partial charge in [-0.25, -0.2) is 0 Å². The Morgan fingerprint density at radius 1 is 1.06 bits per heavy atom. The van der Waals surface area contributed by atoms with Crippen LogP contribution in [0.3, 0.4) is 0 Å². The molecule has 2 aromatic carbocycles. The smallest absolute Gasteiger partial charge is 0.418 e. The van der Waals surface area contributed by atoms with Gasteiger partial charge in [-0.3, -0.25) is 14.4 Å². The first-order valence-corrected chi connectivity index (χ1v) is 9.31. The molecule has 0 aliphatic carbocycles. The molecule has 2 amide bonds. The van der Waals surface area contributed by atoms with E-state index in [1.807, 2.05) is 12.2 Å². The average Bonchev–Trinajstić information content (AvgIpc) is 2.72. The van der Waals surface area contributed by atoms with E-state index in [1.54, 1.807) is 12.1 Å². The number of halogens is 4. The van der Waals surface area contributed by atoms with E-state index in [1.165, 1.54) is 18.2 Å². The summed E-state index contributed by atoms with van der Waals surface area (Å²) >= 11 is 5.57. The molecule has 2 N–H and O–H groups in total. The monoisotopic (exact) mass is 458 g/mol. The summed E-state index contributed by atoms with van der Waals surface area (Å²) in [5.41, 5.74) is -1.39. The number of nitrogens with one attached hydrogen (secondary N) is 2. The highest BCUT2D eigenvalue weighted by molar-refractivity contribution is 6.30.